The quantitative estimate of drug-likeness (QED) is 0.169. The molecular weight excluding hydrogens is 778 g/mol. The van der Waals surface area contributed by atoms with E-state index in [4.69, 9.17) is 28.4 Å². The van der Waals surface area contributed by atoms with Gasteiger partial charge in [-0.3, -0.25) is 4.90 Å². The van der Waals surface area contributed by atoms with Crippen molar-refractivity contribution >= 4 is 0 Å². The highest BCUT2D eigenvalue weighted by Crippen LogP contribution is 2.70. The first-order valence-corrected chi connectivity index (χ1v) is 23.2. The first-order chi connectivity index (χ1) is 28.5. The van der Waals surface area contributed by atoms with Crippen molar-refractivity contribution in [2.45, 2.75) is 210 Å². The first-order valence-electron chi connectivity index (χ1n) is 23.2. The second-order valence-electron chi connectivity index (χ2n) is 21.2. The summed E-state index contributed by atoms with van der Waals surface area (Å²) in [6.45, 7) is 13.7. The third kappa shape index (κ3) is 7.11. The van der Waals surface area contributed by atoms with Gasteiger partial charge in [0.1, 0.15) is 61.0 Å². The van der Waals surface area contributed by atoms with Gasteiger partial charge in [-0.1, -0.05) is 39.3 Å². The number of piperidine rings is 1. The molecule has 5 aliphatic heterocycles. The Morgan fingerprint density at radius 3 is 1.98 bits per heavy atom. The number of nitrogens with zero attached hydrogens (tertiary/aromatic N) is 1. The molecule has 5 heterocycles. The highest BCUT2D eigenvalue weighted by molar-refractivity contribution is 5.27. The summed E-state index contributed by atoms with van der Waals surface area (Å²) in [5, 5.41) is 85.9. The number of ether oxygens (including phenoxy) is 6. The molecule has 5 saturated heterocycles. The van der Waals surface area contributed by atoms with Gasteiger partial charge in [0.2, 0.25) is 0 Å². The summed E-state index contributed by atoms with van der Waals surface area (Å²) in [6, 6.07) is 1.45. The van der Waals surface area contributed by atoms with Gasteiger partial charge in [-0.25, -0.2) is 0 Å². The summed E-state index contributed by atoms with van der Waals surface area (Å²) in [4.78, 5) is 2.95. The van der Waals surface area contributed by atoms with Crippen LogP contribution < -0.4 is 0 Å². The van der Waals surface area contributed by atoms with Crippen molar-refractivity contribution in [1.29, 1.82) is 0 Å². The van der Waals surface area contributed by atoms with Crippen LogP contribution in [-0.4, -0.2) is 169 Å². The molecular formula is C45H73NO14. The van der Waals surface area contributed by atoms with E-state index in [1.165, 1.54) is 58.1 Å². The highest BCUT2D eigenvalue weighted by atomic mass is 16.8. The lowest BCUT2D eigenvalue weighted by Crippen LogP contribution is -2.66. The number of hydrogen-bond acceptors (Lipinski definition) is 15. The second-order valence-corrected chi connectivity index (χ2v) is 21.2. The summed E-state index contributed by atoms with van der Waals surface area (Å²) in [5.74, 6) is 4.26. The van der Waals surface area contributed by atoms with Crippen LogP contribution in [0.15, 0.2) is 11.6 Å². The third-order valence-electron chi connectivity index (χ3n) is 18.0. The number of aliphatic hydroxyl groups is 8. The lowest BCUT2D eigenvalue weighted by Gasteiger charge is -2.58. The second kappa shape index (κ2) is 16.5. The van der Waals surface area contributed by atoms with Gasteiger partial charge >= 0.3 is 0 Å². The van der Waals surface area contributed by atoms with Crippen LogP contribution in [0.1, 0.15) is 99.3 Å². The molecule has 0 aromatic rings. The van der Waals surface area contributed by atoms with Crippen molar-refractivity contribution in [3.8, 4) is 0 Å². The molecule has 8 fully saturated rings. The molecule has 0 unspecified atom stereocenters. The van der Waals surface area contributed by atoms with Crippen LogP contribution in [0.25, 0.3) is 0 Å². The van der Waals surface area contributed by atoms with Crippen molar-refractivity contribution < 1.29 is 69.3 Å². The van der Waals surface area contributed by atoms with E-state index in [2.05, 4.69) is 38.7 Å². The van der Waals surface area contributed by atoms with Crippen LogP contribution in [0.2, 0.25) is 0 Å². The number of hydrogen-bond donors (Lipinski definition) is 8. The minimum absolute atomic E-state index is 0.0360. The van der Waals surface area contributed by atoms with Crippen molar-refractivity contribution in [3.05, 3.63) is 11.6 Å². The van der Waals surface area contributed by atoms with Crippen molar-refractivity contribution in [2.75, 3.05) is 13.2 Å². The predicted molar refractivity (Wildman–Crippen MR) is 214 cm³/mol. The summed E-state index contributed by atoms with van der Waals surface area (Å²) < 4.78 is 36.7. The van der Waals surface area contributed by atoms with Crippen LogP contribution in [-0.2, 0) is 28.4 Å². The van der Waals surface area contributed by atoms with Crippen molar-refractivity contribution in [1.82, 2.24) is 4.90 Å². The fourth-order valence-electron chi connectivity index (χ4n) is 14.7. The molecule has 4 aliphatic carbocycles. The maximum absolute atomic E-state index is 12.0. The van der Waals surface area contributed by atoms with Gasteiger partial charge in [0.25, 0.3) is 0 Å². The minimum Gasteiger partial charge on any atom is -0.394 e. The van der Waals surface area contributed by atoms with Gasteiger partial charge in [0, 0.05) is 18.6 Å². The zero-order valence-electron chi connectivity index (χ0n) is 36.2. The number of aliphatic hydroxyl groups excluding tert-OH is 8. The average molecular weight is 852 g/mol. The smallest absolute Gasteiger partial charge is 0.187 e. The van der Waals surface area contributed by atoms with Crippen LogP contribution in [0.4, 0.5) is 0 Å². The van der Waals surface area contributed by atoms with Crippen molar-refractivity contribution in [3.63, 3.8) is 0 Å². The average Bonchev–Trinajstić information content (AvgIpc) is 3.69. The Morgan fingerprint density at radius 2 is 1.33 bits per heavy atom. The molecule has 60 heavy (non-hydrogen) atoms. The molecule has 0 radical (unpaired) electrons. The number of allylic oxidation sites excluding steroid dienone is 1. The lowest BCUT2D eigenvalue weighted by atomic mass is 9.47. The van der Waals surface area contributed by atoms with Gasteiger partial charge in [-0.05, 0) is 118 Å². The van der Waals surface area contributed by atoms with Gasteiger partial charge in [-0.2, -0.15) is 0 Å². The lowest BCUT2D eigenvalue weighted by molar-refractivity contribution is -0.388. The monoisotopic (exact) mass is 852 g/mol. The molecule has 9 aliphatic rings. The Hall–Kier alpha value is -0.860. The van der Waals surface area contributed by atoms with Crippen LogP contribution in [0, 0.1) is 46.3 Å². The summed E-state index contributed by atoms with van der Waals surface area (Å²) in [5.41, 5.74) is 1.80. The molecule has 3 saturated carbocycles. The highest BCUT2D eigenvalue weighted by Gasteiger charge is 2.66. The Morgan fingerprint density at radius 1 is 0.683 bits per heavy atom. The van der Waals surface area contributed by atoms with Gasteiger partial charge in [0.05, 0.1) is 24.9 Å². The van der Waals surface area contributed by atoms with Gasteiger partial charge < -0.3 is 69.3 Å². The van der Waals surface area contributed by atoms with E-state index in [0.29, 0.717) is 35.6 Å². The molecule has 0 aromatic carbocycles. The normalized spacial score (nSPS) is 58.1. The van der Waals surface area contributed by atoms with Crippen LogP contribution in [0.3, 0.4) is 0 Å². The Labute approximate surface area is 354 Å². The molecule has 0 amide bonds. The number of fused-ring (bicyclic) bond motifs is 9. The largest absolute Gasteiger partial charge is 0.394 e. The Balaban J connectivity index is 0.927. The predicted octanol–water partition coefficient (Wildman–Crippen LogP) is 1.18. The molecule has 342 valence electrons. The van der Waals surface area contributed by atoms with E-state index in [1.54, 1.807) is 0 Å². The van der Waals surface area contributed by atoms with Crippen LogP contribution >= 0.6 is 0 Å². The molecule has 15 nitrogen and oxygen atoms in total. The zero-order chi connectivity index (χ0) is 42.7. The fraction of sp³-hybridized carbons (Fsp3) is 0.956. The van der Waals surface area contributed by atoms with E-state index in [1.807, 2.05) is 0 Å². The fourth-order valence-corrected chi connectivity index (χ4v) is 14.7. The summed E-state index contributed by atoms with van der Waals surface area (Å²) >= 11 is 0. The molecule has 0 spiro atoms. The molecule has 9 rings (SSSR count). The molecule has 0 bridgehead atoms. The molecule has 0 aromatic heterocycles. The van der Waals surface area contributed by atoms with E-state index < -0.39 is 98.7 Å². The zero-order valence-corrected chi connectivity index (χ0v) is 36.2. The van der Waals surface area contributed by atoms with E-state index in [0.717, 1.165) is 43.1 Å². The number of rotatable bonds is 7. The van der Waals surface area contributed by atoms with E-state index in [9.17, 15) is 40.9 Å². The molecule has 26 atom stereocenters. The van der Waals surface area contributed by atoms with Gasteiger partial charge in [-0.15, -0.1) is 0 Å². The molecule has 15 heteroatoms. The van der Waals surface area contributed by atoms with Crippen LogP contribution in [0.5, 0.6) is 0 Å². The Bertz CT molecular complexity index is 1570. The maximum atomic E-state index is 12.0. The van der Waals surface area contributed by atoms with E-state index >= 15 is 0 Å². The standard InChI is InChI=1S/C45H73NO14/c1-19-7-10-28-20(2)31-29(46(28)17-19)16-27-25-9-8-23-15-24(11-13-44(23,5)26(25)12-14-45(27,31)6)57-43-40(60-42-37(53)35(51)33(49)22(4)56-42)38(54)39(30(18-47)58-43)59-41-36(52)34(50)32(48)21(3)55-41/h8,19-22,24-43,47-54H,7,9-18H2,1-6H3/t19-,20+,21-,22-,24-,25+,26-,27-,28+,29-,30-,31-,32-,33-,34-,35-,36+,37-,38-,39-,40-,41-,42-,43-,44-,45-/m0/s1. The SMILES string of the molecule is C[C@H]1CC[C@@H]2[C@@H](C)[C@H]3[C@H](C[C@H]4[C@@H]5CC=C6C[C@@H](O[C@H]7O[C@@H](CO)[C@H](O[C@@H]8O[C@@H](C)[C@H](O)[C@H](O)[C@H]8O)[C@H](O)[C@@H]7O[C@@H]7O[C@@H](C)[C@H](O)[C@H](O)[C@@H]7O)CC[C@]6(C)[C@H]5CC[C@]34C)N2C1. The summed E-state index contributed by atoms with van der Waals surface area (Å²) in [7, 11) is 0. The Kier molecular flexibility index (Phi) is 12.2. The molecule has 8 N–H and O–H groups in total. The first kappa shape index (κ1) is 44.3. The van der Waals surface area contributed by atoms with Gasteiger partial charge in [0.15, 0.2) is 18.9 Å². The summed E-state index contributed by atoms with van der Waals surface area (Å²) in [6.07, 6.45) is -9.14. The third-order valence-corrected chi connectivity index (χ3v) is 18.0. The van der Waals surface area contributed by atoms with E-state index in [-0.39, 0.29) is 11.5 Å². The maximum Gasteiger partial charge on any atom is 0.187 e. The minimum atomic E-state index is -1.70. The van der Waals surface area contributed by atoms with Crippen molar-refractivity contribution in [2.24, 2.45) is 46.3 Å². The topological polar surface area (TPSA) is 220 Å².